The van der Waals surface area contributed by atoms with Crippen LogP contribution in [0.5, 0.6) is 0 Å². The van der Waals surface area contributed by atoms with Crippen molar-refractivity contribution in [2.24, 2.45) is 0 Å². The van der Waals surface area contributed by atoms with E-state index in [4.69, 9.17) is 4.74 Å². The third-order valence-corrected chi connectivity index (χ3v) is 5.50. The number of nitro groups is 2. The molecule has 3 atom stereocenters. The smallest absolute Gasteiger partial charge is 0.410 e. The number of nitrogens with zero attached hydrogens (tertiary/aromatic N) is 3. The maximum atomic E-state index is 12.3. The average Bonchev–Trinajstić information content (AvgIpc) is 3.12. The maximum Gasteiger partial charge on any atom is 0.410 e. The molecular weight excluding hydrogens is 402 g/mol. The molecule has 1 heterocycles. The quantitative estimate of drug-likeness (QED) is 0.398. The van der Waals surface area contributed by atoms with Gasteiger partial charge in [-0.15, -0.1) is 0 Å². The Balaban J connectivity index is 0.00000341. The summed E-state index contributed by atoms with van der Waals surface area (Å²) < 4.78 is 5.49. The Morgan fingerprint density at radius 3 is 2.16 bits per heavy atom. The van der Waals surface area contributed by atoms with Crippen LogP contribution in [0.2, 0.25) is 0 Å². The number of hydrogen-bond donors (Lipinski definition) is 0. The van der Waals surface area contributed by atoms with Crippen molar-refractivity contribution >= 4 is 17.5 Å². The lowest BCUT2D eigenvalue weighted by atomic mass is 9.94. The van der Waals surface area contributed by atoms with Crippen molar-refractivity contribution in [3.05, 3.63) is 79.9 Å². The molecule has 0 aliphatic carbocycles. The first-order valence-electron chi connectivity index (χ1n) is 9.72. The van der Waals surface area contributed by atoms with Gasteiger partial charge in [-0.25, -0.2) is 4.79 Å². The number of nitro benzene ring substituents is 2. The predicted octanol–water partition coefficient (Wildman–Crippen LogP) is 5.60. The van der Waals surface area contributed by atoms with E-state index in [0.29, 0.717) is 24.9 Å². The summed E-state index contributed by atoms with van der Waals surface area (Å²) in [4.78, 5) is 35.0. The Morgan fingerprint density at radius 2 is 1.58 bits per heavy atom. The molecule has 31 heavy (non-hydrogen) atoms. The minimum Gasteiger partial charge on any atom is -0.444 e. The van der Waals surface area contributed by atoms with Gasteiger partial charge in [-0.05, 0) is 36.8 Å². The zero-order valence-electron chi connectivity index (χ0n) is 16.8. The molecule has 0 bridgehead atoms. The molecule has 0 aromatic heterocycles. The number of hydrogen-bond acceptors (Lipinski definition) is 6. The van der Waals surface area contributed by atoms with Crippen molar-refractivity contribution in [2.75, 3.05) is 6.54 Å². The normalized spacial score (nSPS) is 17.4. The highest BCUT2D eigenvalue weighted by atomic mass is 16.6. The molecule has 0 unspecified atom stereocenters. The standard InChI is InChI=1S/C21H23N3O6.CH4/c1-14(16-5-3-7-18(11-16)23(26)27)9-10-20-13-22(21(25)30-20)15(2)17-6-4-8-19(12-17)24(28)29;/h3-8,11-12,14-15,20H,9-10,13H2,1-2H3;1H4/t14-,15+,20-;/m1./s1. The first-order valence-corrected chi connectivity index (χ1v) is 9.72. The van der Waals surface area contributed by atoms with E-state index in [0.717, 1.165) is 5.56 Å². The van der Waals surface area contributed by atoms with Crippen LogP contribution in [-0.2, 0) is 4.74 Å². The molecule has 9 nitrogen and oxygen atoms in total. The lowest BCUT2D eigenvalue weighted by Gasteiger charge is -2.22. The molecule has 0 spiro atoms. The van der Waals surface area contributed by atoms with Crippen LogP contribution < -0.4 is 0 Å². The van der Waals surface area contributed by atoms with E-state index in [2.05, 4.69) is 0 Å². The van der Waals surface area contributed by atoms with E-state index in [1.54, 1.807) is 29.2 Å². The van der Waals surface area contributed by atoms with E-state index in [-0.39, 0.29) is 36.9 Å². The van der Waals surface area contributed by atoms with Gasteiger partial charge in [-0.1, -0.05) is 38.6 Å². The maximum absolute atomic E-state index is 12.3. The number of ether oxygens (including phenoxy) is 1. The van der Waals surface area contributed by atoms with Crippen molar-refractivity contribution in [1.29, 1.82) is 0 Å². The highest BCUT2D eigenvalue weighted by molar-refractivity contribution is 5.70. The molecule has 1 amide bonds. The fraction of sp³-hybridized carbons (Fsp3) is 0.409. The third-order valence-electron chi connectivity index (χ3n) is 5.50. The summed E-state index contributed by atoms with van der Waals surface area (Å²) in [6, 6.07) is 12.4. The highest BCUT2D eigenvalue weighted by Crippen LogP contribution is 2.31. The van der Waals surface area contributed by atoms with Crippen LogP contribution in [0.25, 0.3) is 0 Å². The topological polar surface area (TPSA) is 116 Å². The largest absolute Gasteiger partial charge is 0.444 e. The summed E-state index contributed by atoms with van der Waals surface area (Å²) in [5, 5.41) is 22.0. The fourth-order valence-electron chi connectivity index (χ4n) is 3.63. The molecule has 3 rings (SSSR count). The van der Waals surface area contributed by atoms with Gasteiger partial charge in [0.15, 0.2) is 0 Å². The molecule has 2 aromatic rings. The minimum atomic E-state index is -0.462. The van der Waals surface area contributed by atoms with Gasteiger partial charge in [-0.2, -0.15) is 0 Å². The molecule has 0 N–H and O–H groups in total. The summed E-state index contributed by atoms with van der Waals surface area (Å²) >= 11 is 0. The Hall–Kier alpha value is -3.49. The number of rotatable bonds is 8. The number of cyclic esters (lactones) is 1. The monoisotopic (exact) mass is 429 g/mol. The predicted molar refractivity (Wildman–Crippen MR) is 116 cm³/mol. The summed E-state index contributed by atoms with van der Waals surface area (Å²) in [5.41, 5.74) is 1.58. The zero-order valence-corrected chi connectivity index (χ0v) is 16.8. The van der Waals surface area contributed by atoms with E-state index in [1.165, 1.54) is 18.2 Å². The van der Waals surface area contributed by atoms with Crippen LogP contribution in [0, 0.1) is 20.2 Å². The van der Waals surface area contributed by atoms with Gasteiger partial charge in [0.25, 0.3) is 11.4 Å². The molecule has 1 saturated heterocycles. The second kappa shape index (κ2) is 10.0. The first-order chi connectivity index (χ1) is 14.3. The van der Waals surface area contributed by atoms with E-state index in [1.807, 2.05) is 19.9 Å². The molecule has 0 radical (unpaired) electrons. The number of benzene rings is 2. The number of non-ortho nitro benzene ring substituents is 2. The molecular formula is C22H27N3O6. The van der Waals surface area contributed by atoms with Gasteiger partial charge in [0.2, 0.25) is 0 Å². The van der Waals surface area contributed by atoms with Gasteiger partial charge in [-0.3, -0.25) is 25.1 Å². The number of carbonyl (C=O) groups is 1. The Bertz CT molecular complexity index is 964. The second-order valence-electron chi connectivity index (χ2n) is 7.52. The number of carbonyl (C=O) groups excluding carboxylic acids is 1. The molecule has 166 valence electrons. The van der Waals surface area contributed by atoms with Crippen molar-refractivity contribution in [3.63, 3.8) is 0 Å². The summed E-state index contributed by atoms with van der Waals surface area (Å²) in [6.45, 7) is 4.19. The summed E-state index contributed by atoms with van der Waals surface area (Å²) in [6.07, 6.45) is 0.591. The van der Waals surface area contributed by atoms with Crippen molar-refractivity contribution in [1.82, 2.24) is 4.90 Å². The Labute approximate surface area is 180 Å². The van der Waals surface area contributed by atoms with Gasteiger partial charge in [0, 0.05) is 24.3 Å². The van der Waals surface area contributed by atoms with E-state index < -0.39 is 15.9 Å². The molecule has 1 fully saturated rings. The van der Waals surface area contributed by atoms with Crippen LogP contribution in [0.3, 0.4) is 0 Å². The molecule has 0 saturated carbocycles. The van der Waals surface area contributed by atoms with Crippen LogP contribution >= 0.6 is 0 Å². The SMILES string of the molecule is C.C[C@H](CC[C@@H]1CN([C@@H](C)c2cccc([N+](=O)[O-])c2)C(=O)O1)c1cccc([N+](=O)[O-])c1. The summed E-state index contributed by atoms with van der Waals surface area (Å²) in [5.74, 6) is 0.0758. The van der Waals surface area contributed by atoms with Crippen molar-refractivity contribution < 1.29 is 19.4 Å². The zero-order chi connectivity index (χ0) is 21.8. The summed E-state index contributed by atoms with van der Waals surface area (Å²) in [7, 11) is 0. The van der Waals surface area contributed by atoms with Gasteiger partial charge >= 0.3 is 6.09 Å². The first kappa shape index (κ1) is 23.8. The minimum absolute atomic E-state index is 0. The van der Waals surface area contributed by atoms with Crippen molar-refractivity contribution in [2.45, 2.75) is 52.2 Å². The lowest BCUT2D eigenvalue weighted by Crippen LogP contribution is -2.28. The number of amides is 1. The van der Waals surface area contributed by atoms with Crippen molar-refractivity contribution in [3.8, 4) is 0 Å². The molecule has 2 aromatic carbocycles. The van der Waals surface area contributed by atoms with Crippen LogP contribution in [-0.4, -0.2) is 33.5 Å². The van der Waals surface area contributed by atoms with Crippen LogP contribution in [0.4, 0.5) is 16.2 Å². The molecule has 1 aliphatic rings. The van der Waals surface area contributed by atoms with Gasteiger partial charge < -0.3 is 4.74 Å². The highest BCUT2D eigenvalue weighted by Gasteiger charge is 2.35. The average molecular weight is 429 g/mol. The Morgan fingerprint density at radius 1 is 1.03 bits per heavy atom. The second-order valence-corrected chi connectivity index (χ2v) is 7.52. The molecule has 9 heteroatoms. The Kier molecular flexibility index (Phi) is 7.68. The lowest BCUT2D eigenvalue weighted by molar-refractivity contribution is -0.385. The van der Waals surface area contributed by atoms with Crippen LogP contribution in [0.1, 0.15) is 57.2 Å². The third kappa shape index (κ3) is 5.56. The van der Waals surface area contributed by atoms with E-state index >= 15 is 0 Å². The van der Waals surface area contributed by atoms with Gasteiger partial charge in [0.1, 0.15) is 6.10 Å². The van der Waals surface area contributed by atoms with Gasteiger partial charge in [0.05, 0.1) is 22.4 Å². The van der Waals surface area contributed by atoms with Crippen LogP contribution in [0.15, 0.2) is 48.5 Å². The molecule has 1 aliphatic heterocycles. The fourth-order valence-corrected chi connectivity index (χ4v) is 3.63. The van der Waals surface area contributed by atoms with E-state index in [9.17, 15) is 25.0 Å².